The lowest BCUT2D eigenvalue weighted by atomic mass is 9.94. The van der Waals surface area contributed by atoms with Crippen molar-refractivity contribution in [3.63, 3.8) is 0 Å². The molecular weight excluding hydrogens is 500 g/mol. The summed E-state index contributed by atoms with van der Waals surface area (Å²) >= 11 is 1.52. The van der Waals surface area contributed by atoms with Crippen molar-refractivity contribution in [3.8, 4) is 17.2 Å². The van der Waals surface area contributed by atoms with E-state index in [1.165, 1.54) is 17.8 Å². The van der Waals surface area contributed by atoms with Crippen molar-refractivity contribution in [2.24, 2.45) is 0 Å². The van der Waals surface area contributed by atoms with Gasteiger partial charge in [-0.05, 0) is 49.4 Å². The highest BCUT2D eigenvalue weighted by atomic mass is 32.1. The first-order valence-corrected chi connectivity index (χ1v) is 14.3. The van der Waals surface area contributed by atoms with Gasteiger partial charge in [-0.3, -0.25) is 14.5 Å². The maximum atomic E-state index is 14.2. The van der Waals surface area contributed by atoms with Crippen molar-refractivity contribution in [1.82, 2.24) is 5.32 Å². The molecule has 1 atom stereocenters. The van der Waals surface area contributed by atoms with Crippen molar-refractivity contribution in [2.75, 3.05) is 24.7 Å². The standard InChI is InChI=1S/C30H34N2O5S/c1-2-35-25-13-7-6-12-24(25)29(30(34)31-21-9-4-3-5-10-21)32(28(33)20-23-11-8-18-38-23)22-14-15-26-27(19-22)37-17-16-36-26/h6-8,11-15,18-19,21,29H,2-5,9-10,16-17,20H2,1H3,(H,31,34)/t29-/m1/s1. The molecule has 1 N–H and O–H groups in total. The second kappa shape index (κ2) is 12.3. The molecule has 0 unspecified atom stereocenters. The average Bonchev–Trinajstić information content (AvgIpc) is 3.45. The SMILES string of the molecule is CCOc1ccccc1[C@H](C(=O)NC1CCCCC1)N(C(=O)Cc1cccs1)c1ccc2c(c1)OCCO2. The van der Waals surface area contributed by atoms with Crippen LogP contribution in [0.2, 0.25) is 0 Å². The van der Waals surface area contributed by atoms with Gasteiger partial charge in [-0.2, -0.15) is 0 Å². The van der Waals surface area contributed by atoms with Gasteiger partial charge in [-0.15, -0.1) is 11.3 Å². The van der Waals surface area contributed by atoms with Gasteiger partial charge >= 0.3 is 0 Å². The van der Waals surface area contributed by atoms with E-state index in [4.69, 9.17) is 14.2 Å². The Morgan fingerprint density at radius 2 is 1.82 bits per heavy atom. The first kappa shape index (κ1) is 26.1. The number of hydrogen-bond donors (Lipinski definition) is 1. The molecule has 7 nitrogen and oxygen atoms in total. The Kier molecular flexibility index (Phi) is 8.48. The second-order valence-corrected chi connectivity index (χ2v) is 10.6. The van der Waals surface area contributed by atoms with Gasteiger partial charge < -0.3 is 19.5 Å². The minimum absolute atomic E-state index is 0.0903. The monoisotopic (exact) mass is 534 g/mol. The minimum atomic E-state index is -0.922. The number of nitrogens with zero attached hydrogens (tertiary/aromatic N) is 1. The molecule has 1 saturated carbocycles. The Labute approximate surface area is 227 Å². The Morgan fingerprint density at radius 3 is 2.58 bits per heavy atom. The van der Waals surface area contributed by atoms with Crippen molar-refractivity contribution in [1.29, 1.82) is 0 Å². The van der Waals surface area contributed by atoms with E-state index >= 15 is 0 Å². The molecule has 2 aromatic carbocycles. The van der Waals surface area contributed by atoms with E-state index in [9.17, 15) is 9.59 Å². The summed E-state index contributed by atoms with van der Waals surface area (Å²) in [5.74, 6) is 1.39. The zero-order valence-electron chi connectivity index (χ0n) is 21.7. The molecule has 2 amide bonds. The van der Waals surface area contributed by atoms with E-state index in [1.807, 2.05) is 54.8 Å². The number of ether oxygens (including phenoxy) is 3. The van der Waals surface area contributed by atoms with Gasteiger partial charge in [0.1, 0.15) is 25.0 Å². The van der Waals surface area contributed by atoms with Gasteiger partial charge in [-0.25, -0.2) is 0 Å². The van der Waals surface area contributed by atoms with Crippen LogP contribution in [0, 0.1) is 0 Å². The van der Waals surface area contributed by atoms with E-state index in [2.05, 4.69) is 5.32 Å². The molecule has 1 aromatic heterocycles. The van der Waals surface area contributed by atoms with Crippen LogP contribution < -0.4 is 24.4 Å². The lowest BCUT2D eigenvalue weighted by Gasteiger charge is -2.34. The molecule has 8 heteroatoms. The lowest BCUT2D eigenvalue weighted by Crippen LogP contribution is -2.47. The molecule has 1 aliphatic carbocycles. The third-order valence-electron chi connectivity index (χ3n) is 6.95. The normalized spacial score (nSPS) is 15.9. The van der Waals surface area contributed by atoms with Gasteiger partial charge in [0, 0.05) is 28.2 Å². The fourth-order valence-electron chi connectivity index (χ4n) is 5.18. The van der Waals surface area contributed by atoms with Crippen LogP contribution in [-0.4, -0.2) is 37.7 Å². The summed E-state index contributed by atoms with van der Waals surface area (Å²) in [6.45, 7) is 3.26. The number of thiophene rings is 1. The Morgan fingerprint density at radius 1 is 1.03 bits per heavy atom. The summed E-state index contributed by atoms with van der Waals surface area (Å²) in [6.07, 6.45) is 5.43. The number of rotatable bonds is 9. The summed E-state index contributed by atoms with van der Waals surface area (Å²) in [7, 11) is 0. The maximum absolute atomic E-state index is 14.2. The summed E-state index contributed by atoms with van der Waals surface area (Å²) in [5, 5.41) is 5.22. The third-order valence-corrected chi connectivity index (χ3v) is 7.83. The first-order chi connectivity index (χ1) is 18.6. The molecular formula is C30H34N2O5S. The molecule has 3 aromatic rings. The van der Waals surface area contributed by atoms with Crippen molar-refractivity contribution >= 4 is 28.8 Å². The Bertz CT molecular complexity index is 1240. The number of para-hydroxylation sites is 1. The molecule has 2 aliphatic rings. The highest BCUT2D eigenvalue weighted by Gasteiger charge is 2.36. The van der Waals surface area contributed by atoms with Crippen LogP contribution in [0.4, 0.5) is 5.69 Å². The van der Waals surface area contributed by atoms with E-state index < -0.39 is 6.04 Å². The van der Waals surface area contributed by atoms with Crippen LogP contribution in [0.15, 0.2) is 60.0 Å². The largest absolute Gasteiger partial charge is 0.493 e. The number of hydrogen-bond acceptors (Lipinski definition) is 6. The molecule has 0 radical (unpaired) electrons. The van der Waals surface area contributed by atoms with E-state index in [0.717, 1.165) is 30.6 Å². The quantitative estimate of drug-likeness (QED) is 0.382. The fraction of sp³-hybridized carbons (Fsp3) is 0.400. The molecule has 200 valence electrons. The summed E-state index contributed by atoms with van der Waals surface area (Å²) < 4.78 is 17.5. The van der Waals surface area contributed by atoms with Crippen molar-refractivity contribution in [3.05, 3.63) is 70.4 Å². The number of fused-ring (bicyclic) bond motifs is 1. The van der Waals surface area contributed by atoms with Crippen LogP contribution in [0.25, 0.3) is 0 Å². The lowest BCUT2D eigenvalue weighted by molar-refractivity contribution is -0.127. The van der Waals surface area contributed by atoms with Crippen molar-refractivity contribution in [2.45, 2.75) is 57.5 Å². The predicted octanol–water partition coefficient (Wildman–Crippen LogP) is 5.68. The number of benzene rings is 2. The summed E-state index contributed by atoms with van der Waals surface area (Å²) in [5.41, 5.74) is 1.22. The summed E-state index contributed by atoms with van der Waals surface area (Å²) in [6, 6.07) is 16.0. The van der Waals surface area contributed by atoms with Crippen molar-refractivity contribution < 1.29 is 23.8 Å². The molecule has 1 aliphatic heterocycles. The van der Waals surface area contributed by atoms with Gasteiger partial charge in [0.15, 0.2) is 11.5 Å². The average molecular weight is 535 g/mol. The second-order valence-electron chi connectivity index (χ2n) is 9.56. The molecule has 0 bridgehead atoms. The molecule has 2 heterocycles. The third kappa shape index (κ3) is 5.96. The highest BCUT2D eigenvalue weighted by molar-refractivity contribution is 7.10. The first-order valence-electron chi connectivity index (χ1n) is 13.4. The molecule has 38 heavy (non-hydrogen) atoms. The van der Waals surface area contributed by atoms with Gasteiger partial charge in [0.25, 0.3) is 0 Å². The van der Waals surface area contributed by atoms with Crippen LogP contribution in [0.3, 0.4) is 0 Å². The predicted molar refractivity (Wildman–Crippen MR) is 148 cm³/mol. The number of carbonyl (C=O) groups excluding carboxylic acids is 2. The molecule has 0 spiro atoms. The topological polar surface area (TPSA) is 77.1 Å². The van der Waals surface area contributed by atoms with E-state index in [1.54, 1.807) is 17.0 Å². The van der Waals surface area contributed by atoms with Crippen LogP contribution in [-0.2, 0) is 16.0 Å². The van der Waals surface area contributed by atoms with Gasteiger partial charge in [-0.1, -0.05) is 43.5 Å². The molecule has 5 rings (SSSR count). The van der Waals surface area contributed by atoms with Gasteiger partial charge in [0.2, 0.25) is 11.8 Å². The van der Waals surface area contributed by atoms with E-state index in [-0.39, 0.29) is 24.3 Å². The Hall–Kier alpha value is -3.52. The van der Waals surface area contributed by atoms with Crippen LogP contribution >= 0.6 is 11.3 Å². The number of amides is 2. The van der Waals surface area contributed by atoms with Crippen LogP contribution in [0.5, 0.6) is 17.2 Å². The van der Waals surface area contributed by atoms with Gasteiger partial charge in [0.05, 0.1) is 13.0 Å². The Balaban J connectivity index is 1.60. The number of anilines is 1. The van der Waals surface area contributed by atoms with E-state index in [0.29, 0.717) is 48.3 Å². The zero-order chi connectivity index (χ0) is 26.3. The smallest absolute Gasteiger partial charge is 0.248 e. The molecule has 1 fully saturated rings. The molecule has 0 saturated heterocycles. The zero-order valence-corrected chi connectivity index (χ0v) is 22.5. The number of nitrogens with one attached hydrogen (secondary N) is 1. The minimum Gasteiger partial charge on any atom is -0.493 e. The van der Waals surface area contributed by atoms with Crippen LogP contribution in [0.1, 0.15) is 55.5 Å². The maximum Gasteiger partial charge on any atom is 0.248 e. The summed E-state index contributed by atoms with van der Waals surface area (Å²) in [4.78, 5) is 30.8. The highest BCUT2D eigenvalue weighted by Crippen LogP contribution is 2.39. The fourth-order valence-corrected chi connectivity index (χ4v) is 5.88. The number of carbonyl (C=O) groups is 2.